The Morgan fingerprint density at radius 3 is 2.12 bits per heavy atom. The molecule has 32 heavy (non-hydrogen) atoms. The molecule has 2 aromatic rings. The first-order valence-electron chi connectivity index (χ1n) is 10.7. The molecule has 0 unspecified atom stereocenters. The van der Waals surface area contributed by atoms with Crippen molar-refractivity contribution in [2.75, 3.05) is 0 Å². The van der Waals surface area contributed by atoms with Gasteiger partial charge in [0.15, 0.2) is 6.10 Å². The van der Waals surface area contributed by atoms with Gasteiger partial charge in [-0.15, -0.1) is 0 Å². The van der Waals surface area contributed by atoms with Crippen LogP contribution in [0.15, 0.2) is 42.5 Å². The lowest BCUT2D eigenvalue weighted by Crippen LogP contribution is -2.55. The van der Waals surface area contributed by atoms with Crippen LogP contribution in [0.1, 0.15) is 47.1 Å². The third kappa shape index (κ3) is 6.79. The summed E-state index contributed by atoms with van der Waals surface area (Å²) >= 11 is 0. The van der Waals surface area contributed by atoms with Gasteiger partial charge in [0, 0.05) is 0 Å². The van der Waals surface area contributed by atoms with Crippen LogP contribution >= 0.6 is 0 Å². The first-order chi connectivity index (χ1) is 14.7. The SMILES string of the molecule is CC(C)(C)OC(=O)[C@@H](O)[C@@H](Cc1ccc2ccccc2c1)C(=O)N[C@H](C(N)=O)C(C)(C)C. The average molecular weight is 443 g/mol. The van der Waals surface area contributed by atoms with Crippen LogP contribution in [0.5, 0.6) is 0 Å². The zero-order chi connectivity index (χ0) is 24.3. The molecule has 0 saturated heterocycles. The molecule has 3 atom stereocenters. The second kappa shape index (κ2) is 9.69. The maximum Gasteiger partial charge on any atom is 0.336 e. The maximum atomic E-state index is 13.2. The number of nitrogens with one attached hydrogen (secondary N) is 1. The van der Waals surface area contributed by atoms with Crippen LogP contribution in [0.2, 0.25) is 0 Å². The monoisotopic (exact) mass is 442 g/mol. The Morgan fingerprint density at radius 2 is 1.59 bits per heavy atom. The number of primary amides is 1. The molecule has 0 fully saturated rings. The Morgan fingerprint density at radius 1 is 1.00 bits per heavy atom. The minimum Gasteiger partial charge on any atom is -0.458 e. The molecule has 2 amide bonds. The molecule has 2 rings (SSSR count). The lowest BCUT2D eigenvalue weighted by molar-refractivity contribution is -0.170. The second-order valence-corrected chi connectivity index (χ2v) is 10.2. The van der Waals surface area contributed by atoms with E-state index < -0.39 is 46.9 Å². The summed E-state index contributed by atoms with van der Waals surface area (Å²) in [7, 11) is 0. The third-order valence-corrected chi connectivity index (χ3v) is 5.07. The molecule has 174 valence electrons. The summed E-state index contributed by atoms with van der Waals surface area (Å²) in [4.78, 5) is 37.7. The number of esters is 1. The molecule has 0 aliphatic rings. The van der Waals surface area contributed by atoms with Gasteiger partial charge >= 0.3 is 5.97 Å². The molecule has 0 bridgehead atoms. The number of benzene rings is 2. The van der Waals surface area contributed by atoms with E-state index in [2.05, 4.69) is 5.32 Å². The fourth-order valence-corrected chi connectivity index (χ4v) is 3.46. The van der Waals surface area contributed by atoms with Gasteiger partial charge in [-0.05, 0) is 48.9 Å². The zero-order valence-corrected chi connectivity index (χ0v) is 19.6. The first-order valence-corrected chi connectivity index (χ1v) is 10.7. The normalized spacial score (nSPS) is 15.0. The van der Waals surface area contributed by atoms with Gasteiger partial charge in [-0.2, -0.15) is 0 Å². The molecular weight excluding hydrogens is 408 g/mol. The minimum absolute atomic E-state index is 0.0761. The fourth-order valence-electron chi connectivity index (χ4n) is 3.46. The predicted molar refractivity (Wildman–Crippen MR) is 124 cm³/mol. The van der Waals surface area contributed by atoms with Crippen LogP contribution < -0.4 is 11.1 Å². The van der Waals surface area contributed by atoms with Crippen LogP contribution in [0.3, 0.4) is 0 Å². The number of amides is 2. The number of hydrogen-bond donors (Lipinski definition) is 3. The number of rotatable bonds is 7. The summed E-state index contributed by atoms with van der Waals surface area (Å²) in [5.41, 5.74) is 4.78. The topological polar surface area (TPSA) is 119 Å². The van der Waals surface area contributed by atoms with E-state index in [1.165, 1.54) is 0 Å². The molecule has 0 heterocycles. The third-order valence-electron chi connectivity index (χ3n) is 5.07. The molecule has 7 nitrogen and oxygen atoms in total. The Balaban J connectivity index is 2.37. The van der Waals surface area contributed by atoms with Crippen molar-refractivity contribution in [1.82, 2.24) is 5.32 Å². The van der Waals surface area contributed by atoms with Crippen molar-refractivity contribution >= 4 is 28.6 Å². The van der Waals surface area contributed by atoms with E-state index >= 15 is 0 Å². The van der Waals surface area contributed by atoms with Crippen LogP contribution in [0.25, 0.3) is 10.8 Å². The Hall–Kier alpha value is -2.93. The first kappa shape index (κ1) is 25.3. The lowest BCUT2D eigenvalue weighted by atomic mass is 9.85. The molecule has 0 aliphatic heterocycles. The van der Waals surface area contributed by atoms with Crippen molar-refractivity contribution in [1.29, 1.82) is 0 Å². The van der Waals surface area contributed by atoms with Gasteiger partial charge in [-0.1, -0.05) is 63.2 Å². The summed E-state index contributed by atoms with van der Waals surface area (Å²) in [6, 6.07) is 12.5. The Labute approximate surface area is 189 Å². The van der Waals surface area contributed by atoms with Crippen molar-refractivity contribution in [2.24, 2.45) is 17.1 Å². The number of nitrogens with two attached hydrogens (primary N) is 1. The Bertz CT molecular complexity index is 988. The predicted octanol–water partition coefficient (Wildman–Crippen LogP) is 2.72. The molecule has 4 N–H and O–H groups in total. The van der Waals surface area contributed by atoms with E-state index in [9.17, 15) is 19.5 Å². The largest absolute Gasteiger partial charge is 0.458 e. The van der Waals surface area contributed by atoms with Gasteiger partial charge in [-0.3, -0.25) is 9.59 Å². The van der Waals surface area contributed by atoms with E-state index in [4.69, 9.17) is 10.5 Å². The number of carbonyl (C=O) groups is 3. The standard InChI is InChI=1S/C25H34N2O5/c1-24(2,3)20(21(26)29)27-22(30)18(19(28)23(31)32-25(4,5)6)14-15-11-12-16-9-7-8-10-17(16)13-15/h7-13,18-20,28H,14H2,1-6H3,(H2,26,29)(H,27,30)/t18-,19+,20-/m1/s1. The number of hydrogen-bond acceptors (Lipinski definition) is 5. The van der Waals surface area contributed by atoms with Crippen molar-refractivity contribution in [3.63, 3.8) is 0 Å². The fraction of sp³-hybridized carbons (Fsp3) is 0.480. The molecule has 7 heteroatoms. The number of ether oxygens (including phenoxy) is 1. The van der Waals surface area contributed by atoms with Gasteiger partial charge in [-0.25, -0.2) is 4.79 Å². The van der Waals surface area contributed by atoms with Crippen molar-refractivity contribution in [3.05, 3.63) is 48.0 Å². The van der Waals surface area contributed by atoms with E-state index in [0.717, 1.165) is 16.3 Å². The highest BCUT2D eigenvalue weighted by atomic mass is 16.6. The van der Waals surface area contributed by atoms with Crippen LogP contribution in [0, 0.1) is 11.3 Å². The highest BCUT2D eigenvalue weighted by Gasteiger charge is 2.39. The van der Waals surface area contributed by atoms with Gasteiger partial charge in [0.05, 0.1) is 5.92 Å². The average Bonchev–Trinajstić information content (AvgIpc) is 2.67. The van der Waals surface area contributed by atoms with Crippen LogP contribution in [-0.4, -0.2) is 40.6 Å². The minimum atomic E-state index is -1.71. The van der Waals surface area contributed by atoms with Crippen molar-refractivity contribution in [3.8, 4) is 0 Å². The quantitative estimate of drug-likeness (QED) is 0.570. The highest BCUT2D eigenvalue weighted by Crippen LogP contribution is 2.24. The summed E-state index contributed by atoms with van der Waals surface area (Å²) in [6.07, 6.45) is -1.64. The molecule has 0 aromatic heterocycles. The summed E-state index contributed by atoms with van der Waals surface area (Å²) < 4.78 is 5.30. The Kier molecular flexibility index (Phi) is 7.67. The van der Waals surface area contributed by atoms with Crippen LogP contribution in [0.4, 0.5) is 0 Å². The van der Waals surface area contributed by atoms with Crippen LogP contribution in [-0.2, 0) is 25.5 Å². The van der Waals surface area contributed by atoms with E-state index in [1.807, 2.05) is 42.5 Å². The van der Waals surface area contributed by atoms with Gasteiger partial charge in [0.25, 0.3) is 0 Å². The smallest absolute Gasteiger partial charge is 0.336 e. The molecular formula is C25H34N2O5. The molecule has 0 saturated carbocycles. The summed E-state index contributed by atoms with van der Waals surface area (Å²) in [5.74, 6) is -3.41. The van der Waals surface area contributed by atoms with E-state index in [1.54, 1.807) is 41.5 Å². The number of aliphatic hydroxyl groups excluding tert-OH is 1. The summed E-state index contributed by atoms with van der Waals surface area (Å²) in [5, 5.41) is 15.4. The van der Waals surface area contributed by atoms with E-state index in [-0.39, 0.29) is 6.42 Å². The highest BCUT2D eigenvalue weighted by molar-refractivity contribution is 5.91. The number of carbonyl (C=O) groups excluding carboxylic acids is 3. The van der Waals surface area contributed by atoms with Gasteiger partial charge < -0.3 is 20.9 Å². The van der Waals surface area contributed by atoms with Crippen molar-refractivity contribution in [2.45, 2.75) is 65.7 Å². The zero-order valence-electron chi connectivity index (χ0n) is 19.6. The molecule has 0 spiro atoms. The van der Waals surface area contributed by atoms with Gasteiger partial charge in [0.1, 0.15) is 11.6 Å². The lowest BCUT2D eigenvalue weighted by Gasteiger charge is -2.31. The van der Waals surface area contributed by atoms with E-state index in [0.29, 0.717) is 0 Å². The molecule has 0 radical (unpaired) electrons. The van der Waals surface area contributed by atoms with Crippen molar-refractivity contribution < 1.29 is 24.2 Å². The number of aliphatic hydroxyl groups is 1. The number of fused-ring (bicyclic) bond motifs is 1. The molecule has 0 aliphatic carbocycles. The van der Waals surface area contributed by atoms with Gasteiger partial charge in [0.2, 0.25) is 11.8 Å². The molecule has 2 aromatic carbocycles. The summed E-state index contributed by atoms with van der Waals surface area (Å²) in [6.45, 7) is 10.3. The second-order valence-electron chi connectivity index (χ2n) is 10.2. The maximum absolute atomic E-state index is 13.2.